The summed E-state index contributed by atoms with van der Waals surface area (Å²) >= 11 is 0. The van der Waals surface area contributed by atoms with E-state index in [-0.39, 0.29) is 5.91 Å². The molecule has 1 amide bonds. The minimum atomic E-state index is -0.447. The number of likely N-dealkylation sites (tertiary alicyclic amines) is 1. The van der Waals surface area contributed by atoms with Crippen LogP contribution in [-0.4, -0.2) is 43.2 Å². The zero-order valence-corrected chi connectivity index (χ0v) is 16.0. The van der Waals surface area contributed by atoms with Crippen molar-refractivity contribution in [3.8, 4) is 0 Å². The molecule has 1 saturated heterocycles. The monoisotopic (exact) mass is 358 g/mol. The molecular weight excluding hydrogens is 330 g/mol. The van der Waals surface area contributed by atoms with Crippen LogP contribution in [0.1, 0.15) is 35.8 Å². The van der Waals surface area contributed by atoms with Crippen molar-refractivity contribution in [3.63, 3.8) is 0 Å². The van der Waals surface area contributed by atoms with Crippen LogP contribution < -0.4 is 10.2 Å². The zero-order valence-electron chi connectivity index (χ0n) is 16.0. The van der Waals surface area contributed by atoms with Gasteiger partial charge in [-0.25, -0.2) is 4.79 Å². The second-order valence-electron chi connectivity index (χ2n) is 7.42. The number of esters is 1. The lowest BCUT2D eigenvalue weighted by atomic mass is 10.0. The molecule has 6 heteroatoms. The first kappa shape index (κ1) is 18.5. The van der Waals surface area contributed by atoms with Crippen molar-refractivity contribution in [1.29, 1.82) is 0 Å². The number of nitrogens with one attached hydrogen (secondary N) is 2. The van der Waals surface area contributed by atoms with Gasteiger partial charge in [0.25, 0.3) is 5.91 Å². The Labute approximate surface area is 154 Å². The number of methoxy groups -OCH3 is 1. The van der Waals surface area contributed by atoms with Gasteiger partial charge < -0.3 is 19.5 Å². The Hall–Kier alpha value is -2.34. The fourth-order valence-electron chi connectivity index (χ4n) is 4.09. The number of fused-ring (bicyclic) bond motifs is 1. The van der Waals surface area contributed by atoms with Crippen molar-refractivity contribution in [2.24, 2.45) is 13.0 Å². The van der Waals surface area contributed by atoms with Crippen molar-refractivity contribution >= 4 is 28.5 Å². The van der Waals surface area contributed by atoms with E-state index < -0.39 is 5.97 Å². The van der Waals surface area contributed by atoms with E-state index in [1.54, 1.807) is 4.57 Å². The van der Waals surface area contributed by atoms with Crippen molar-refractivity contribution in [1.82, 2.24) is 4.57 Å². The summed E-state index contributed by atoms with van der Waals surface area (Å²) in [5.41, 5.74) is 2.86. The number of hydrogen-bond acceptors (Lipinski definition) is 3. The smallest absolute Gasteiger partial charge is 0.356 e. The number of ether oxygens (including phenoxy) is 1. The van der Waals surface area contributed by atoms with Crippen molar-refractivity contribution in [2.75, 3.05) is 32.1 Å². The fraction of sp³-hybridized carbons (Fsp3) is 0.500. The zero-order chi connectivity index (χ0) is 18.8. The maximum absolute atomic E-state index is 12.7. The van der Waals surface area contributed by atoms with E-state index in [0.29, 0.717) is 23.8 Å². The summed E-state index contributed by atoms with van der Waals surface area (Å²) in [7, 11) is 3.18. The number of amides is 1. The van der Waals surface area contributed by atoms with Crippen molar-refractivity contribution < 1.29 is 19.2 Å². The molecule has 6 nitrogen and oxygen atoms in total. The Bertz CT molecular complexity index is 840. The number of aromatic nitrogens is 1. The third-order valence-electron chi connectivity index (χ3n) is 5.35. The summed E-state index contributed by atoms with van der Waals surface area (Å²) in [4.78, 5) is 26.4. The predicted octanol–water partition coefficient (Wildman–Crippen LogP) is 1.53. The molecule has 140 valence electrons. The number of benzene rings is 1. The lowest BCUT2D eigenvalue weighted by Crippen LogP contribution is -3.14. The first-order valence-corrected chi connectivity index (χ1v) is 9.22. The maximum atomic E-state index is 12.7. The van der Waals surface area contributed by atoms with Crippen LogP contribution in [0.4, 0.5) is 5.69 Å². The van der Waals surface area contributed by atoms with E-state index in [2.05, 4.69) is 12.2 Å². The standard InChI is InChI=1S/C20H27N3O3/c1-13-7-6-10-23(11-13)12-16(24)21-18-17-14(2)8-5-9-15(17)22(3)19(18)20(25)26-4/h5,8-9,13H,6-7,10-12H2,1-4H3,(H,21,24)/p+1/t13-/m0/s1. The molecule has 1 fully saturated rings. The minimum Gasteiger partial charge on any atom is -0.464 e. The van der Waals surface area contributed by atoms with Crippen LogP contribution in [0.2, 0.25) is 0 Å². The molecule has 1 aliphatic rings. The van der Waals surface area contributed by atoms with Crippen LogP contribution in [0.5, 0.6) is 0 Å². The first-order chi connectivity index (χ1) is 12.4. The first-order valence-electron chi connectivity index (χ1n) is 9.22. The van der Waals surface area contributed by atoms with Crippen LogP contribution in [0.25, 0.3) is 10.9 Å². The molecule has 26 heavy (non-hydrogen) atoms. The summed E-state index contributed by atoms with van der Waals surface area (Å²) in [6, 6.07) is 5.88. The van der Waals surface area contributed by atoms with Crippen molar-refractivity contribution in [3.05, 3.63) is 29.5 Å². The topological polar surface area (TPSA) is 64.8 Å². The van der Waals surface area contributed by atoms with Crippen LogP contribution >= 0.6 is 0 Å². The Balaban J connectivity index is 1.93. The van der Waals surface area contributed by atoms with Gasteiger partial charge in [0.1, 0.15) is 0 Å². The molecule has 2 atom stereocenters. The van der Waals surface area contributed by atoms with Crippen LogP contribution in [0.15, 0.2) is 18.2 Å². The normalized spacial score (nSPS) is 20.2. The van der Waals surface area contributed by atoms with Gasteiger partial charge in [0.05, 0.1) is 31.4 Å². The highest BCUT2D eigenvalue weighted by atomic mass is 16.5. The number of aryl methyl sites for hydroxylation is 2. The van der Waals surface area contributed by atoms with Gasteiger partial charge in [0.15, 0.2) is 12.2 Å². The predicted molar refractivity (Wildman–Crippen MR) is 102 cm³/mol. The van der Waals surface area contributed by atoms with Gasteiger partial charge in [-0.3, -0.25) is 4.79 Å². The molecule has 1 aromatic heterocycles. The summed E-state index contributed by atoms with van der Waals surface area (Å²) in [6.07, 6.45) is 2.39. The summed E-state index contributed by atoms with van der Waals surface area (Å²) in [6.45, 7) is 6.69. The van der Waals surface area contributed by atoms with Crippen LogP contribution in [-0.2, 0) is 16.6 Å². The number of piperidine rings is 1. The second-order valence-corrected chi connectivity index (χ2v) is 7.42. The highest BCUT2D eigenvalue weighted by Gasteiger charge is 2.27. The van der Waals surface area contributed by atoms with Gasteiger partial charge in [-0.2, -0.15) is 0 Å². The number of carbonyl (C=O) groups excluding carboxylic acids is 2. The Kier molecular flexibility index (Phi) is 5.32. The molecule has 1 aromatic carbocycles. The molecule has 1 aliphatic heterocycles. The van der Waals surface area contributed by atoms with Crippen LogP contribution in [0.3, 0.4) is 0 Å². The van der Waals surface area contributed by atoms with Gasteiger partial charge in [-0.1, -0.05) is 19.1 Å². The number of quaternary nitrogens is 1. The average molecular weight is 358 g/mol. The highest BCUT2D eigenvalue weighted by molar-refractivity contribution is 6.12. The molecule has 2 aromatic rings. The maximum Gasteiger partial charge on any atom is 0.356 e. The van der Waals surface area contributed by atoms with E-state index >= 15 is 0 Å². The molecule has 0 aliphatic carbocycles. The van der Waals surface area contributed by atoms with E-state index in [0.717, 1.165) is 36.0 Å². The summed E-state index contributed by atoms with van der Waals surface area (Å²) in [5, 5.41) is 3.91. The van der Waals surface area contributed by atoms with E-state index in [9.17, 15) is 9.59 Å². The lowest BCUT2D eigenvalue weighted by molar-refractivity contribution is -0.900. The molecule has 0 radical (unpaired) electrons. The number of carbonyl (C=O) groups is 2. The minimum absolute atomic E-state index is 0.0602. The second kappa shape index (κ2) is 7.50. The molecule has 0 bridgehead atoms. The lowest BCUT2D eigenvalue weighted by Gasteiger charge is -2.27. The van der Waals surface area contributed by atoms with E-state index in [4.69, 9.17) is 4.74 Å². The SMILES string of the molecule is COC(=O)c1c(NC(=O)C[NH+]2CCC[C@H](C)C2)c2c(C)cccc2n1C. The summed E-state index contributed by atoms with van der Waals surface area (Å²) < 4.78 is 6.75. The molecule has 2 N–H and O–H groups in total. The Morgan fingerprint density at radius 1 is 1.38 bits per heavy atom. The van der Waals surface area contributed by atoms with Gasteiger partial charge in [-0.15, -0.1) is 0 Å². The summed E-state index contributed by atoms with van der Waals surface area (Å²) in [5.74, 6) is 0.143. The highest BCUT2D eigenvalue weighted by Crippen LogP contribution is 2.33. The number of anilines is 1. The van der Waals surface area contributed by atoms with Gasteiger partial charge >= 0.3 is 5.97 Å². The molecule has 1 unspecified atom stereocenters. The number of rotatable bonds is 4. The van der Waals surface area contributed by atoms with Gasteiger partial charge in [-0.05, 0) is 31.4 Å². The molecule has 3 rings (SSSR count). The molecule has 0 saturated carbocycles. The van der Waals surface area contributed by atoms with E-state index in [1.165, 1.54) is 18.4 Å². The van der Waals surface area contributed by atoms with Crippen LogP contribution in [0, 0.1) is 12.8 Å². The molecular formula is C20H28N3O3+. The molecule has 2 heterocycles. The average Bonchev–Trinajstić information content (AvgIpc) is 2.87. The largest absolute Gasteiger partial charge is 0.464 e. The third kappa shape index (κ3) is 3.46. The van der Waals surface area contributed by atoms with Gasteiger partial charge in [0.2, 0.25) is 0 Å². The third-order valence-corrected chi connectivity index (χ3v) is 5.35. The fourth-order valence-corrected chi connectivity index (χ4v) is 4.09. The van der Waals surface area contributed by atoms with Gasteiger partial charge in [0, 0.05) is 18.4 Å². The Morgan fingerprint density at radius 2 is 2.15 bits per heavy atom. The number of hydrogen-bond donors (Lipinski definition) is 2. The molecule has 0 spiro atoms. The van der Waals surface area contributed by atoms with E-state index in [1.807, 2.05) is 32.2 Å². The Morgan fingerprint density at radius 3 is 2.85 bits per heavy atom. The van der Waals surface area contributed by atoms with Crippen molar-refractivity contribution in [2.45, 2.75) is 26.7 Å². The number of nitrogens with zero attached hydrogens (tertiary/aromatic N) is 1. The quantitative estimate of drug-likeness (QED) is 0.815.